The lowest BCUT2D eigenvalue weighted by Gasteiger charge is -2.19. The minimum Gasteiger partial charge on any atom is -0.507 e. The average molecular weight is 382 g/mol. The molecule has 0 aliphatic carbocycles. The molecule has 2 heteroatoms. The van der Waals surface area contributed by atoms with Crippen LogP contribution in [0.3, 0.4) is 0 Å². The van der Waals surface area contributed by atoms with Gasteiger partial charge in [0, 0.05) is 5.56 Å². The van der Waals surface area contributed by atoms with Crippen molar-refractivity contribution in [1.82, 2.24) is 0 Å². The lowest BCUT2D eigenvalue weighted by atomic mass is 10.0. The van der Waals surface area contributed by atoms with Crippen molar-refractivity contribution in [3.63, 3.8) is 0 Å². The van der Waals surface area contributed by atoms with Gasteiger partial charge in [-0.3, -0.25) is 0 Å². The standard InChI is InChI=1S/C26H23OP/c27-26-17-16-21(20-25(26)22-10-4-1-5-11-22)18-19-28(23-12-6-2-7-13-23)24-14-8-3-9-15-24/h1-17,20,27H,18-19H2. The van der Waals surface area contributed by atoms with Gasteiger partial charge in [-0.1, -0.05) is 97.1 Å². The van der Waals surface area contributed by atoms with E-state index in [4.69, 9.17) is 0 Å². The van der Waals surface area contributed by atoms with Gasteiger partial charge in [-0.25, -0.2) is 0 Å². The number of aromatic hydroxyl groups is 1. The monoisotopic (exact) mass is 382 g/mol. The van der Waals surface area contributed by atoms with Crippen molar-refractivity contribution in [2.75, 3.05) is 6.16 Å². The number of benzene rings is 4. The molecule has 28 heavy (non-hydrogen) atoms. The number of phenolic OH excluding ortho intramolecular Hbond substituents is 1. The van der Waals surface area contributed by atoms with Crippen molar-refractivity contribution in [2.45, 2.75) is 6.42 Å². The van der Waals surface area contributed by atoms with Crippen LogP contribution in [0, 0.1) is 0 Å². The highest BCUT2D eigenvalue weighted by atomic mass is 31.1. The molecule has 0 fully saturated rings. The molecule has 0 saturated carbocycles. The predicted molar refractivity (Wildman–Crippen MR) is 121 cm³/mol. The molecule has 0 aliphatic rings. The average Bonchev–Trinajstić information content (AvgIpc) is 2.77. The van der Waals surface area contributed by atoms with Gasteiger partial charge in [-0.15, -0.1) is 0 Å². The molecule has 0 atom stereocenters. The molecule has 0 unspecified atom stereocenters. The smallest absolute Gasteiger partial charge is 0.123 e. The minimum atomic E-state index is -0.409. The van der Waals surface area contributed by atoms with E-state index in [2.05, 4.69) is 66.7 Å². The number of aryl methyl sites for hydroxylation is 1. The Balaban J connectivity index is 1.60. The van der Waals surface area contributed by atoms with Gasteiger partial charge in [0.2, 0.25) is 0 Å². The summed E-state index contributed by atoms with van der Waals surface area (Å²) in [6.07, 6.45) is 2.07. The van der Waals surface area contributed by atoms with Crippen molar-refractivity contribution in [3.8, 4) is 16.9 Å². The maximum Gasteiger partial charge on any atom is 0.123 e. The van der Waals surface area contributed by atoms with Crippen LogP contribution in [-0.4, -0.2) is 11.3 Å². The summed E-state index contributed by atoms with van der Waals surface area (Å²) >= 11 is 0. The molecule has 138 valence electrons. The topological polar surface area (TPSA) is 20.2 Å². The highest BCUT2D eigenvalue weighted by Crippen LogP contribution is 2.35. The summed E-state index contributed by atoms with van der Waals surface area (Å²) < 4.78 is 0. The van der Waals surface area contributed by atoms with E-state index in [1.54, 1.807) is 0 Å². The molecule has 0 radical (unpaired) electrons. The molecule has 0 amide bonds. The summed E-state index contributed by atoms with van der Waals surface area (Å²) in [6, 6.07) is 37.7. The van der Waals surface area contributed by atoms with Crippen molar-refractivity contribution in [3.05, 3.63) is 115 Å². The van der Waals surface area contributed by atoms with Crippen LogP contribution in [0.25, 0.3) is 11.1 Å². The number of rotatable bonds is 6. The van der Waals surface area contributed by atoms with Crippen LogP contribution in [-0.2, 0) is 6.42 Å². The Labute approximate surface area is 168 Å². The second kappa shape index (κ2) is 8.87. The quantitative estimate of drug-likeness (QED) is 0.422. The van der Waals surface area contributed by atoms with E-state index in [1.165, 1.54) is 16.2 Å². The lowest BCUT2D eigenvalue weighted by Crippen LogP contribution is -2.14. The second-order valence-electron chi connectivity index (χ2n) is 6.79. The zero-order valence-electron chi connectivity index (χ0n) is 15.7. The fourth-order valence-electron chi connectivity index (χ4n) is 3.45. The van der Waals surface area contributed by atoms with Gasteiger partial charge in [0.05, 0.1) is 0 Å². The minimum absolute atomic E-state index is 0.336. The molecule has 1 nitrogen and oxygen atoms in total. The van der Waals surface area contributed by atoms with Gasteiger partial charge >= 0.3 is 0 Å². The summed E-state index contributed by atoms with van der Waals surface area (Å²) in [5, 5.41) is 13.1. The third-order valence-corrected chi connectivity index (χ3v) is 7.42. The fourth-order valence-corrected chi connectivity index (χ4v) is 5.81. The zero-order valence-corrected chi connectivity index (χ0v) is 16.6. The molecule has 1 N–H and O–H groups in total. The maximum absolute atomic E-state index is 10.3. The van der Waals surface area contributed by atoms with E-state index >= 15 is 0 Å². The molecule has 0 saturated heterocycles. The van der Waals surface area contributed by atoms with E-state index in [0.29, 0.717) is 5.75 Å². The fraction of sp³-hybridized carbons (Fsp3) is 0.0769. The van der Waals surface area contributed by atoms with Gasteiger partial charge in [0.1, 0.15) is 5.75 Å². The van der Waals surface area contributed by atoms with Gasteiger partial charge in [-0.05, 0) is 54.4 Å². The number of phenols is 1. The van der Waals surface area contributed by atoms with Crippen LogP contribution >= 0.6 is 7.92 Å². The zero-order chi connectivity index (χ0) is 19.2. The Bertz CT molecular complexity index is 974. The molecule has 0 aromatic heterocycles. The summed E-state index contributed by atoms with van der Waals surface area (Å²) in [4.78, 5) is 0. The molecule has 0 heterocycles. The van der Waals surface area contributed by atoms with E-state index in [9.17, 15) is 5.11 Å². The normalized spacial score (nSPS) is 10.9. The molecule has 0 aliphatic heterocycles. The largest absolute Gasteiger partial charge is 0.507 e. The highest BCUT2D eigenvalue weighted by molar-refractivity contribution is 7.73. The summed E-state index contributed by atoms with van der Waals surface area (Å²) in [5.41, 5.74) is 3.22. The molecule has 0 bridgehead atoms. The second-order valence-corrected chi connectivity index (χ2v) is 9.13. The molecule has 4 rings (SSSR count). The van der Waals surface area contributed by atoms with E-state index in [-0.39, 0.29) is 0 Å². The molecule has 4 aromatic rings. The van der Waals surface area contributed by atoms with Crippen molar-refractivity contribution in [1.29, 1.82) is 0 Å². The Hall–Kier alpha value is -2.89. The van der Waals surface area contributed by atoms with E-state index in [0.717, 1.165) is 23.7 Å². The molecular weight excluding hydrogens is 359 g/mol. The first-order chi connectivity index (χ1) is 13.8. The Morgan fingerprint density at radius 2 is 1.14 bits per heavy atom. The first kappa shape index (κ1) is 18.5. The van der Waals surface area contributed by atoms with Crippen molar-refractivity contribution < 1.29 is 5.11 Å². The molecule has 0 spiro atoms. The van der Waals surface area contributed by atoms with E-state index < -0.39 is 7.92 Å². The van der Waals surface area contributed by atoms with Crippen LogP contribution in [0.5, 0.6) is 5.75 Å². The molecule has 4 aromatic carbocycles. The first-order valence-electron chi connectivity index (χ1n) is 9.56. The summed E-state index contributed by atoms with van der Waals surface area (Å²) in [5.74, 6) is 0.336. The van der Waals surface area contributed by atoms with Gasteiger partial charge < -0.3 is 5.11 Å². The summed E-state index contributed by atoms with van der Waals surface area (Å²) in [6.45, 7) is 0. The summed E-state index contributed by atoms with van der Waals surface area (Å²) in [7, 11) is -0.409. The molecular formula is C26H23OP. The van der Waals surface area contributed by atoms with Crippen LogP contribution in [0.4, 0.5) is 0 Å². The Kier molecular flexibility index (Phi) is 5.85. The highest BCUT2D eigenvalue weighted by Gasteiger charge is 2.14. The number of hydrogen-bond acceptors (Lipinski definition) is 1. The van der Waals surface area contributed by atoms with Crippen LogP contribution < -0.4 is 10.6 Å². The van der Waals surface area contributed by atoms with Crippen molar-refractivity contribution >= 4 is 18.5 Å². The third kappa shape index (κ3) is 4.32. The van der Waals surface area contributed by atoms with Crippen molar-refractivity contribution in [2.24, 2.45) is 0 Å². The van der Waals surface area contributed by atoms with Crippen LogP contribution in [0.15, 0.2) is 109 Å². The van der Waals surface area contributed by atoms with Gasteiger partial charge in [0.15, 0.2) is 0 Å². The van der Waals surface area contributed by atoms with Gasteiger partial charge in [-0.2, -0.15) is 0 Å². The first-order valence-corrected chi connectivity index (χ1v) is 11.1. The lowest BCUT2D eigenvalue weighted by molar-refractivity contribution is 0.477. The third-order valence-electron chi connectivity index (χ3n) is 4.91. The SMILES string of the molecule is Oc1ccc(CCP(c2ccccc2)c2ccccc2)cc1-c1ccccc1. The van der Waals surface area contributed by atoms with Crippen LogP contribution in [0.1, 0.15) is 5.56 Å². The Morgan fingerprint density at radius 1 is 0.607 bits per heavy atom. The predicted octanol–water partition coefficient (Wildman–Crippen LogP) is 5.73. The van der Waals surface area contributed by atoms with Crippen LogP contribution in [0.2, 0.25) is 0 Å². The number of hydrogen-bond donors (Lipinski definition) is 1. The van der Waals surface area contributed by atoms with E-state index in [1.807, 2.05) is 42.5 Å². The van der Waals surface area contributed by atoms with Gasteiger partial charge in [0.25, 0.3) is 0 Å². The Morgan fingerprint density at radius 3 is 1.71 bits per heavy atom. The maximum atomic E-state index is 10.3.